The third kappa shape index (κ3) is 4.70. The molecule has 1 fully saturated rings. The molecule has 3 rings (SSSR count). The van der Waals surface area contributed by atoms with E-state index in [1.54, 1.807) is 11.8 Å². The summed E-state index contributed by atoms with van der Waals surface area (Å²) in [4.78, 5) is 46.0. The zero-order valence-corrected chi connectivity index (χ0v) is 15.7. The van der Waals surface area contributed by atoms with Crippen molar-refractivity contribution in [2.45, 2.75) is 32.1 Å². The lowest BCUT2D eigenvalue weighted by Gasteiger charge is -2.16. The zero-order valence-electron chi connectivity index (χ0n) is 15.7. The number of hydrogen-bond donors (Lipinski definition) is 2. The molecule has 1 aliphatic heterocycles. The van der Waals surface area contributed by atoms with Gasteiger partial charge in [0.2, 0.25) is 11.8 Å². The molecular formula is C20H23N5O3. The average molecular weight is 381 g/mol. The van der Waals surface area contributed by atoms with Crippen LogP contribution in [0.4, 0.5) is 5.69 Å². The first-order valence-electron chi connectivity index (χ1n) is 9.20. The smallest absolute Gasteiger partial charge is 0.259 e. The normalized spacial score (nSPS) is 16.0. The van der Waals surface area contributed by atoms with E-state index in [4.69, 9.17) is 5.73 Å². The minimum atomic E-state index is -0.479. The molecule has 1 saturated heterocycles. The van der Waals surface area contributed by atoms with Crippen LogP contribution in [0.2, 0.25) is 0 Å². The second kappa shape index (κ2) is 8.60. The fourth-order valence-electron chi connectivity index (χ4n) is 3.21. The number of aryl methyl sites for hydroxylation is 1. The number of carbonyl (C=O) groups is 3. The van der Waals surface area contributed by atoms with Gasteiger partial charge in [-0.3, -0.25) is 14.4 Å². The number of rotatable bonds is 6. The molecule has 1 aromatic heterocycles. The van der Waals surface area contributed by atoms with Gasteiger partial charge in [0, 0.05) is 43.7 Å². The fraction of sp³-hybridized carbons (Fsp3) is 0.350. The summed E-state index contributed by atoms with van der Waals surface area (Å²) in [7, 11) is 0. The molecule has 0 aliphatic carbocycles. The van der Waals surface area contributed by atoms with E-state index < -0.39 is 5.91 Å². The maximum absolute atomic E-state index is 12.5. The van der Waals surface area contributed by atoms with Crippen molar-refractivity contribution in [1.82, 2.24) is 14.9 Å². The van der Waals surface area contributed by atoms with E-state index in [1.807, 2.05) is 30.3 Å². The van der Waals surface area contributed by atoms with Crippen LogP contribution in [0, 0.1) is 6.92 Å². The molecule has 0 saturated carbocycles. The molecule has 3 amide bonds. The molecule has 8 heteroatoms. The van der Waals surface area contributed by atoms with Crippen LogP contribution in [0.1, 0.15) is 47.1 Å². The molecule has 146 valence electrons. The van der Waals surface area contributed by atoms with Crippen LogP contribution in [0.3, 0.4) is 0 Å². The molecule has 0 bridgehead atoms. The van der Waals surface area contributed by atoms with Gasteiger partial charge in [-0.2, -0.15) is 0 Å². The number of primary amides is 1. The summed E-state index contributed by atoms with van der Waals surface area (Å²) in [6.07, 6.45) is 2.46. The van der Waals surface area contributed by atoms with Crippen molar-refractivity contribution < 1.29 is 14.4 Å². The average Bonchev–Trinajstić information content (AvgIpc) is 3.17. The topological polar surface area (TPSA) is 118 Å². The van der Waals surface area contributed by atoms with Crippen molar-refractivity contribution in [3.05, 3.63) is 53.6 Å². The number of anilines is 1. The number of benzene rings is 1. The highest BCUT2D eigenvalue weighted by atomic mass is 16.2. The summed E-state index contributed by atoms with van der Waals surface area (Å²) in [5.74, 6) is -0.185. The Morgan fingerprint density at radius 3 is 2.64 bits per heavy atom. The molecule has 0 radical (unpaired) electrons. The minimum Gasteiger partial charge on any atom is -0.370 e. The SMILES string of the molecule is Cc1nc(C2CCN(C(=O)CCC(N)=O)C2)ncc1C(=O)Nc1ccccc1. The molecule has 1 unspecified atom stereocenters. The lowest BCUT2D eigenvalue weighted by atomic mass is 10.1. The van der Waals surface area contributed by atoms with Crippen LogP contribution < -0.4 is 11.1 Å². The fourth-order valence-corrected chi connectivity index (χ4v) is 3.21. The van der Waals surface area contributed by atoms with Gasteiger partial charge < -0.3 is 16.0 Å². The number of carbonyl (C=O) groups excluding carboxylic acids is 3. The first-order valence-corrected chi connectivity index (χ1v) is 9.20. The van der Waals surface area contributed by atoms with Crippen molar-refractivity contribution in [1.29, 1.82) is 0 Å². The van der Waals surface area contributed by atoms with Gasteiger partial charge in [0.1, 0.15) is 5.82 Å². The standard InChI is InChI=1S/C20H23N5O3/c1-13-16(20(28)24-15-5-3-2-4-6-15)11-22-19(23-13)14-9-10-25(12-14)18(27)8-7-17(21)26/h2-6,11,14H,7-10,12H2,1H3,(H2,21,26)(H,24,28). The number of nitrogens with one attached hydrogen (secondary N) is 1. The van der Waals surface area contributed by atoms with E-state index in [-0.39, 0.29) is 30.6 Å². The van der Waals surface area contributed by atoms with E-state index in [2.05, 4.69) is 15.3 Å². The summed E-state index contributed by atoms with van der Waals surface area (Å²) in [6, 6.07) is 9.19. The molecular weight excluding hydrogens is 358 g/mol. The molecule has 2 heterocycles. The van der Waals surface area contributed by atoms with E-state index in [1.165, 1.54) is 6.20 Å². The second-order valence-corrected chi connectivity index (χ2v) is 6.84. The summed E-state index contributed by atoms with van der Waals surface area (Å²) in [5, 5.41) is 2.82. The van der Waals surface area contributed by atoms with E-state index in [0.717, 1.165) is 6.42 Å². The number of amides is 3. The lowest BCUT2D eigenvalue weighted by molar-refractivity contribution is -0.132. The Morgan fingerprint density at radius 1 is 1.21 bits per heavy atom. The molecule has 2 aromatic rings. The first-order chi connectivity index (χ1) is 13.4. The molecule has 1 atom stereocenters. The summed E-state index contributed by atoms with van der Waals surface area (Å²) >= 11 is 0. The summed E-state index contributed by atoms with van der Waals surface area (Å²) < 4.78 is 0. The Kier molecular flexibility index (Phi) is 5.98. The van der Waals surface area contributed by atoms with E-state index in [9.17, 15) is 14.4 Å². The number of aromatic nitrogens is 2. The maximum atomic E-state index is 12.5. The van der Waals surface area contributed by atoms with Crippen molar-refractivity contribution in [2.24, 2.45) is 5.73 Å². The van der Waals surface area contributed by atoms with Crippen LogP contribution >= 0.6 is 0 Å². The third-order valence-corrected chi connectivity index (χ3v) is 4.77. The van der Waals surface area contributed by atoms with Gasteiger partial charge in [-0.15, -0.1) is 0 Å². The highest BCUT2D eigenvalue weighted by Gasteiger charge is 2.29. The first kappa shape index (κ1) is 19.5. The van der Waals surface area contributed by atoms with Gasteiger partial charge in [-0.05, 0) is 25.5 Å². The van der Waals surface area contributed by atoms with Gasteiger partial charge in [0.25, 0.3) is 5.91 Å². The molecule has 3 N–H and O–H groups in total. The maximum Gasteiger partial charge on any atom is 0.259 e. The number of likely N-dealkylation sites (tertiary alicyclic amines) is 1. The largest absolute Gasteiger partial charge is 0.370 e. The zero-order chi connectivity index (χ0) is 20.1. The molecule has 0 spiro atoms. The van der Waals surface area contributed by atoms with E-state index in [0.29, 0.717) is 35.9 Å². The predicted octanol–water partition coefficient (Wildman–Crippen LogP) is 1.62. The summed E-state index contributed by atoms with van der Waals surface area (Å²) in [6.45, 7) is 2.88. The summed E-state index contributed by atoms with van der Waals surface area (Å²) in [5.41, 5.74) is 6.82. The Morgan fingerprint density at radius 2 is 1.96 bits per heavy atom. The van der Waals surface area contributed by atoms with Crippen LogP contribution in [0.5, 0.6) is 0 Å². The highest BCUT2D eigenvalue weighted by Crippen LogP contribution is 2.26. The predicted molar refractivity (Wildman–Crippen MR) is 104 cm³/mol. The molecule has 28 heavy (non-hydrogen) atoms. The van der Waals surface area contributed by atoms with Crippen molar-refractivity contribution in [3.63, 3.8) is 0 Å². The number of nitrogens with zero attached hydrogens (tertiary/aromatic N) is 3. The molecule has 8 nitrogen and oxygen atoms in total. The second-order valence-electron chi connectivity index (χ2n) is 6.84. The van der Waals surface area contributed by atoms with Crippen LogP contribution in [-0.2, 0) is 9.59 Å². The Bertz CT molecular complexity index is 885. The van der Waals surface area contributed by atoms with Crippen molar-refractivity contribution in [3.8, 4) is 0 Å². The monoisotopic (exact) mass is 381 g/mol. The highest BCUT2D eigenvalue weighted by molar-refractivity contribution is 6.04. The molecule has 1 aromatic carbocycles. The van der Waals surface area contributed by atoms with Crippen LogP contribution in [0.15, 0.2) is 36.5 Å². The molecule has 1 aliphatic rings. The number of para-hydroxylation sites is 1. The van der Waals surface area contributed by atoms with Gasteiger partial charge in [-0.1, -0.05) is 18.2 Å². The van der Waals surface area contributed by atoms with Gasteiger partial charge >= 0.3 is 0 Å². The van der Waals surface area contributed by atoms with Crippen LogP contribution in [-0.4, -0.2) is 45.7 Å². The Balaban J connectivity index is 1.63. The van der Waals surface area contributed by atoms with Gasteiger partial charge in [-0.25, -0.2) is 9.97 Å². The third-order valence-electron chi connectivity index (χ3n) is 4.77. The Labute approximate surface area is 163 Å². The minimum absolute atomic E-state index is 0.0162. The lowest BCUT2D eigenvalue weighted by Crippen LogP contribution is -2.29. The van der Waals surface area contributed by atoms with Gasteiger partial charge in [0.15, 0.2) is 0 Å². The number of nitrogens with two attached hydrogens (primary N) is 1. The van der Waals surface area contributed by atoms with Crippen molar-refractivity contribution in [2.75, 3.05) is 18.4 Å². The van der Waals surface area contributed by atoms with Crippen LogP contribution in [0.25, 0.3) is 0 Å². The number of hydrogen-bond acceptors (Lipinski definition) is 5. The Hall–Kier alpha value is -3.29. The van der Waals surface area contributed by atoms with Crippen molar-refractivity contribution >= 4 is 23.4 Å². The van der Waals surface area contributed by atoms with Gasteiger partial charge in [0.05, 0.1) is 11.3 Å². The van der Waals surface area contributed by atoms with E-state index >= 15 is 0 Å². The quantitative estimate of drug-likeness (QED) is 0.788.